The van der Waals surface area contributed by atoms with E-state index in [0.29, 0.717) is 0 Å². The minimum atomic E-state index is -4.28. The molecule has 0 rings (SSSR count). The molecule has 0 bridgehead atoms. The van der Waals surface area contributed by atoms with Crippen LogP contribution < -0.4 is 0 Å². The van der Waals surface area contributed by atoms with Crippen LogP contribution in [0.2, 0.25) is 0 Å². The van der Waals surface area contributed by atoms with Crippen LogP contribution in [-0.2, 0) is 11.0 Å². The highest BCUT2D eigenvalue weighted by Gasteiger charge is 2.29. The highest BCUT2D eigenvalue weighted by molar-refractivity contribution is 7.85. The summed E-state index contributed by atoms with van der Waals surface area (Å²) in [7, 11) is -1.61. The lowest BCUT2D eigenvalue weighted by Crippen LogP contribution is -2.21. The molecule has 0 spiro atoms. The largest absolute Gasteiger partial charge is 0.394 e. The standard InChI is InChI=1S/C8H14F3NOS/c1-6(5-8(9,10)11)12-14(13)7(2,3)4/h5H2,1-4H3/b12-6+. The van der Waals surface area contributed by atoms with E-state index in [1.54, 1.807) is 20.8 Å². The average molecular weight is 229 g/mol. The molecule has 1 atom stereocenters. The van der Waals surface area contributed by atoms with Crippen LogP contribution in [0.15, 0.2) is 4.40 Å². The van der Waals surface area contributed by atoms with Gasteiger partial charge in [0.15, 0.2) is 0 Å². The summed E-state index contributed by atoms with van der Waals surface area (Å²) in [6, 6.07) is 0. The Labute approximate surface area is 84.2 Å². The van der Waals surface area contributed by atoms with E-state index in [2.05, 4.69) is 4.40 Å². The number of alkyl halides is 3. The molecule has 0 saturated heterocycles. The van der Waals surface area contributed by atoms with E-state index in [-0.39, 0.29) is 5.71 Å². The molecule has 0 aliphatic rings. The molecular formula is C8H14F3NOS. The highest BCUT2D eigenvalue weighted by Crippen LogP contribution is 2.21. The Hall–Kier alpha value is -0.390. The van der Waals surface area contributed by atoms with Crippen LogP contribution in [0.1, 0.15) is 34.1 Å². The Morgan fingerprint density at radius 3 is 2.00 bits per heavy atom. The van der Waals surface area contributed by atoms with E-state index in [4.69, 9.17) is 0 Å². The zero-order valence-corrected chi connectivity index (χ0v) is 9.42. The van der Waals surface area contributed by atoms with Gasteiger partial charge in [-0.2, -0.15) is 17.6 Å². The van der Waals surface area contributed by atoms with E-state index in [1.165, 1.54) is 6.92 Å². The molecule has 2 nitrogen and oxygen atoms in total. The van der Waals surface area contributed by atoms with E-state index in [1.807, 2.05) is 0 Å². The predicted octanol–water partition coefficient (Wildman–Crippen LogP) is 2.86. The minimum absolute atomic E-state index is 0.147. The summed E-state index contributed by atoms with van der Waals surface area (Å²) >= 11 is 0. The lowest BCUT2D eigenvalue weighted by Gasteiger charge is -2.14. The lowest BCUT2D eigenvalue weighted by atomic mass is 10.3. The monoisotopic (exact) mass is 229 g/mol. The van der Waals surface area contributed by atoms with Crippen molar-refractivity contribution in [2.24, 2.45) is 4.40 Å². The molecular weight excluding hydrogens is 215 g/mol. The Kier molecular flexibility index (Phi) is 4.30. The van der Waals surface area contributed by atoms with Crippen molar-refractivity contribution in [3.05, 3.63) is 0 Å². The number of rotatable bonds is 2. The maximum Gasteiger partial charge on any atom is 0.394 e. The van der Waals surface area contributed by atoms with Gasteiger partial charge < -0.3 is 0 Å². The summed E-state index contributed by atoms with van der Waals surface area (Å²) in [6.45, 7) is 6.21. The van der Waals surface area contributed by atoms with Crippen LogP contribution in [0, 0.1) is 0 Å². The van der Waals surface area contributed by atoms with Gasteiger partial charge in [0, 0.05) is 5.71 Å². The summed E-state index contributed by atoms with van der Waals surface area (Å²) in [5.41, 5.74) is -0.147. The van der Waals surface area contributed by atoms with Crippen LogP contribution in [0.3, 0.4) is 0 Å². The Bertz CT molecular complexity index is 252. The van der Waals surface area contributed by atoms with Gasteiger partial charge in [0.25, 0.3) is 0 Å². The molecule has 6 heteroatoms. The zero-order valence-electron chi connectivity index (χ0n) is 8.60. The summed E-state index contributed by atoms with van der Waals surface area (Å²) in [4.78, 5) is 0. The smallest absolute Gasteiger partial charge is 0.234 e. The normalized spacial score (nSPS) is 16.9. The van der Waals surface area contributed by atoms with Gasteiger partial charge in [-0.3, -0.25) is 0 Å². The van der Waals surface area contributed by atoms with Gasteiger partial charge in [0.1, 0.15) is 11.0 Å². The fourth-order valence-corrected chi connectivity index (χ4v) is 1.22. The van der Waals surface area contributed by atoms with E-state index in [0.717, 1.165) is 0 Å². The van der Waals surface area contributed by atoms with Gasteiger partial charge in [0.05, 0.1) is 11.2 Å². The second-order valence-electron chi connectivity index (χ2n) is 3.98. The molecule has 0 aliphatic carbocycles. The van der Waals surface area contributed by atoms with E-state index < -0.39 is 28.3 Å². The van der Waals surface area contributed by atoms with Crippen LogP contribution in [0.4, 0.5) is 13.2 Å². The fourth-order valence-electron chi connectivity index (χ4n) is 0.601. The van der Waals surface area contributed by atoms with E-state index in [9.17, 15) is 17.4 Å². The SMILES string of the molecule is C/C(CC(F)(F)F)=N\S(=O)C(C)(C)C. The van der Waals surface area contributed by atoms with Crippen LogP contribution >= 0.6 is 0 Å². The molecule has 1 unspecified atom stereocenters. The van der Waals surface area contributed by atoms with Crippen molar-refractivity contribution >= 4 is 16.7 Å². The third kappa shape index (κ3) is 6.12. The summed E-state index contributed by atoms with van der Waals surface area (Å²) in [5, 5.41) is 0. The molecule has 0 fully saturated rings. The molecule has 0 aromatic rings. The van der Waals surface area contributed by atoms with Crippen molar-refractivity contribution in [1.29, 1.82) is 0 Å². The van der Waals surface area contributed by atoms with Crippen LogP contribution in [0.25, 0.3) is 0 Å². The quantitative estimate of drug-likeness (QED) is 0.669. The summed E-state index contributed by atoms with van der Waals surface area (Å²) < 4.78 is 49.8. The van der Waals surface area contributed by atoms with E-state index >= 15 is 0 Å². The van der Waals surface area contributed by atoms with Crippen molar-refractivity contribution in [3.8, 4) is 0 Å². The number of hydrogen-bond donors (Lipinski definition) is 0. The summed E-state index contributed by atoms with van der Waals surface area (Å²) in [6.07, 6.45) is -5.38. The molecule has 14 heavy (non-hydrogen) atoms. The molecule has 0 N–H and O–H groups in total. The number of nitrogens with zero attached hydrogens (tertiary/aromatic N) is 1. The predicted molar refractivity (Wildman–Crippen MR) is 51.7 cm³/mol. The molecule has 0 aliphatic heterocycles. The van der Waals surface area contributed by atoms with Gasteiger partial charge in [0.2, 0.25) is 0 Å². The third-order valence-corrected chi connectivity index (χ3v) is 2.74. The average Bonchev–Trinajstić information content (AvgIpc) is 1.79. The minimum Gasteiger partial charge on any atom is -0.234 e. The van der Waals surface area contributed by atoms with Gasteiger partial charge in [-0.1, -0.05) is 0 Å². The van der Waals surface area contributed by atoms with Crippen molar-refractivity contribution in [1.82, 2.24) is 0 Å². The molecule has 84 valence electrons. The van der Waals surface area contributed by atoms with Crippen LogP contribution in [-0.4, -0.2) is 20.8 Å². The number of halogens is 3. The molecule has 0 radical (unpaired) electrons. The third-order valence-electron chi connectivity index (χ3n) is 1.22. The first kappa shape index (κ1) is 13.6. The van der Waals surface area contributed by atoms with Crippen LogP contribution in [0.5, 0.6) is 0 Å². The summed E-state index contributed by atoms with van der Waals surface area (Å²) in [5.74, 6) is 0. The van der Waals surface area contributed by atoms with Gasteiger partial charge in [-0.25, -0.2) is 4.21 Å². The van der Waals surface area contributed by atoms with Crippen molar-refractivity contribution in [2.45, 2.75) is 45.0 Å². The van der Waals surface area contributed by atoms with Crippen molar-refractivity contribution < 1.29 is 17.4 Å². The molecule has 0 aromatic carbocycles. The molecule has 0 aromatic heterocycles. The molecule has 0 heterocycles. The maximum atomic E-state index is 11.9. The second-order valence-corrected chi connectivity index (χ2v) is 5.89. The van der Waals surface area contributed by atoms with Crippen molar-refractivity contribution in [3.63, 3.8) is 0 Å². The maximum absolute atomic E-state index is 11.9. The van der Waals surface area contributed by atoms with Crippen molar-refractivity contribution in [2.75, 3.05) is 0 Å². The first-order valence-electron chi connectivity index (χ1n) is 4.05. The lowest BCUT2D eigenvalue weighted by molar-refractivity contribution is -0.121. The zero-order chi connectivity index (χ0) is 11.6. The Balaban J connectivity index is 4.47. The Morgan fingerprint density at radius 2 is 1.71 bits per heavy atom. The fraction of sp³-hybridized carbons (Fsp3) is 0.875. The van der Waals surface area contributed by atoms with Gasteiger partial charge >= 0.3 is 6.18 Å². The van der Waals surface area contributed by atoms with Gasteiger partial charge in [-0.15, -0.1) is 0 Å². The first-order valence-corrected chi connectivity index (χ1v) is 5.16. The first-order chi connectivity index (χ1) is 6.02. The number of hydrogen-bond acceptors (Lipinski definition) is 1. The molecule has 0 amide bonds. The second kappa shape index (κ2) is 4.42. The topological polar surface area (TPSA) is 29.4 Å². The highest BCUT2D eigenvalue weighted by atomic mass is 32.2. The van der Waals surface area contributed by atoms with Gasteiger partial charge in [-0.05, 0) is 27.7 Å². The Morgan fingerprint density at radius 1 is 1.29 bits per heavy atom. The molecule has 0 saturated carbocycles.